The van der Waals surface area contributed by atoms with E-state index in [-0.39, 0.29) is 25.3 Å². The summed E-state index contributed by atoms with van der Waals surface area (Å²) < 4.78 is 35.5. The Balaban J connectivity index is 2.14. The van der Waals surface area contributed by atoms with E-state index in [0.717, 1.165) is 32.4 Å². The van der Waals surface area contributed by atoms with Crippen molar-refractivity contribution in [2.75, 3.05) is 19.6 Å². The van der Waals surface area contributed by atoms with E-state index in [1.54, 1.807) is 10.2 Å². The van der Waals surface area contributed by atoms with Crippen LogP contribution >= 0.6 is 0 Å². The zero-order valence-electron chi connectivity index (χ0n) is 10.1. The first-order chi connectivity index (χ1) is 8.41. The third-order valence-corrected chi connectivity index (χ3v) is 2.82. The summed E-state index contributed by atoms with van der Waals surface area (Å²) in [5.41, 5.74) is 0. The van der Waals surface area contributed by atoms with Crippen LogP contribution in [0.1, 0.15) is 32.1 Å². The monoisotopic (exact) mass is 266 g/mol. The molecule has 0 aromatic rings. The molecule has 1 heterocycles. The molecule has 0 aromatic heterocycles. The standard InChI is InChI=1S/C11H17F3N2O2/c12-11(13,14)10(18)15-6-4-5-9(17)16-7-2-1-3-8-16/h1-8H2,(H,15,18). The first kappa shape index (κ1) is 14.8. The van der Waals surface area contributed by atoms with Gasteiger partial charge in [-0.25, -0.2) is 0 Å². The van der Waals surface area contributed by atoms with E-state index >= 15 is 0 Å². The van der Waals surface area contributed by atoms with Gasteiger partial charge in [0.05, 0.1) is 0 Å². The number of nitrogens with one attached hydrogen (secondary N) is 1. The third-order valence-electron chi connectivity index (χ3n) is 2.82. The average molecular weight is 266 g/mol. The van der Waals surface area contributed by atoms with Gasteiger partial charge in [-0.1, -0.05) is 0 Å². The summed E-state index contributed by atoms with van der Waals surface area (Å²) in [5, 5.41) is 1.75. The van der Waals surface area contributed by atoms with E-state index in [1.807, 2.05) is 0 Å². The highest BCUT2D eigenvalue weighted by Gasteiger charge is 2.38. The van der Waals surface area contributed by atoms with Crippen molar-refractivity contribution in [3.05, 3.63) is 0 Å². The summed E-state index contributed by atoms with van der Waals surface area (Å²) in [6, 6.07) is 0. The molecule has 1 fully saturated rings. The summed E-state index contributed by atoms with van der Waals surface area (Å²) in [6.07, 6.45) is -1.36. The number of carbonyl (C=O) groups is 2. The maximum absolute atomic E-state index is 11.8. The molecule has 0 bridgehead atoms. The maximum atomic E-state index is 11.8. The predicted octanol–water partition coefficient (Wildman–Crippen LogP) is 1.46. The summed E-state index contributed by atoms with van der Waals surface area (Å²) in [7, 11) is 0. The second-order valence-corrected chi connectivity index (χ2v) is 4.30. The number of nitrogens with zero attached hydrogens (tertiary/aromatic N) is 1. The van der Waals surface area contributed by atoms with E-state index in [1.165, 1.54) is 0 Å². The van der Waals surface area contributed by atoms with Crippen LogP contribution < -0.4 is 5.32 Å². The zero-order chi connectivity index (χ0) is 13.6. The molecule has 104 valence electrons. The smallest absolute Gasteiger partial charge is 0.348 e. The first-order valence-corrected chi connectivity index (χ1v) is 6.04. The number of rotatable bonds is 4. The fourth-order valence-electron chi connectivity index (χ4n) is 1.84. The number of amides is 2. The summed E-state index contributed by atoms with van der Waals surface area (Å²) >= 11 is 0. The quantitative estimate of drug-likeness (QED) is 0.783. The summed E-state index contributed by atoms with van der Waals surface area (Å²) in [6.45, 7) is 1.33. The van der Waals surface area contributed by atoms with E-state index in [0.29, 0.717) is 0 Å². The van der Waals surface area contributed by atoms with Crippen molar-refractivity contribution in [3.63, 3.8) is 0 Å². The molecule has 0 aliphatic carbocycles. The lowest BCUT2D eigenvalue weighted by atomic mass is 10.1. The molecule has 0 unspecified atom stereocenters. The van der Waals surface area contributed by atoms with Crippen molar-refractivity contribution in [2.24, 2.45) is 0 Å². The molecule has 1 rings (SSSR count). The van der Waals surface area contributed by atoms with Gasteiger partial charge in [0, 0.05) is 26.1 Å². The lowest BCUT2D eigenvalue weighted by Gasteiger charge is -2.26. The van der Waals surface area contributed by atoms with Crippen LogP contribution in [-0.4, -0.2) is 42.5 Å². The molecule has 18 heavy (non-hydrogen) atoms. The molecule has 0 atom stereocenters. The first-order valence-electron chi connectivity index (χ1n) is 6.04. The summed E-state index contributed by atoms with van der Waals surface area (Å²) in [4.78, 5) is 23.8. The van der Waals surface area contributed by atoms with Crippen LogP contribution in [0.25, 0.3) is 0 Å². The van der Waals surface area contributed by atoms with Gasteiger partial charge in [-0.15, -0.1) is 0 Å². The second kappa shape index (κ2) is 6.61. The van der Waals surface area contributed by atoms with Gasteiger partial charge in [0.1, 0.15) is 0 Å². The molecule has 0 aromatic carbocycles. The Labute approximate surface area is 104 Å². The molecule has 1 aliphatic rings. The summed E-state index contributed by atoms with van der Waals surface area (Å²) in [5.74, 6) is -2.00. The highest BCUT2D eigenvalue weighted by Crippen LogP contribution is 2.14. The van der Waals surface area contributed by atoms with Crippen molar-refractivity contribution in [3.8, 4) is 0 Å². The Bertz CT molecular complexity index is 299. The van der Waals surface area contributed by atoms with E-state index in [4.69, 9.17) is 0 Å². The number of carbonyl (C=O) groups excluding carboxylic acids is 2. The number of piperidine rings is 1. The lowest BCUT2D eigenvalue weighted by molar-refractivity contribution is -0.173. The van der Waals surface area contributed by atoms with Crippen molar-refractivity contribution in [2.45, 2.75) is 38.3 Å². The van der Waals surface area contributed by atoms with Gasteiger partial charge >= 0.3 is 12.1 Å². The van der Waals surface area contributed by atoms with Gasteiger partial charge in [-0.3, -0.25) is 9.59 Å². The minimum absolute atomic E-state index is 0.0454. The molecule has 2 amide bonds. The van der Waals surface area contributed by atoms with Gasteiger partial charge in [0.15, 0.2) is 0 Å². The number of hydrogen-bond acceptors (Lipinski definition) is 2. The third kappa shape index (κ3) is 4.93. The molecule has 1 aliphatic heterocycles. The molecule has 0 saturated carbocycles. The number of likely N-dealkylation sites (tertiary alicyclic amines) is 1. The van der Waals surface area contributed by atoms with Gasteiger partial charge in [-0.2, -0.15) is 13.2 Å². The molecular weight excluding hydrogens is 249 g/mol. The average Bonchev–Trinajstić information content (AvgIpc) is 2.34. The SMILES string of the molecule is O=C(CCCNC(=O)C(F)(F)F)N1CCCCC1. The van der Waals surface area contributed by atoms with Crippen molar-refractivity contribution in [1.29, 1.82) is 0 Å². The minimum Gasteiger partial charge on any atom is -0.348 e. The fourth-order valence-corrected chi connectivity index (χ4v) is 1.84. The van der Waals surface area contributed by atoms with E-state index in [2.05, 4.69) is 0 Å². The van der Waals surface area contributed by atoms with Gasteiger partial charge in [0.25, 0.3) is 0 Å². The zero-order valence-corrected chi connectivity index (χ0v) is 10.1. The van der Waals surface area contributed by atoms with Crippen LogP contribution in [0.5, 0.6) is 0 Å². The highest BCUT2D eigenvalue weighted by molar-refractivity contribution is 5.81. The van der Waals surface area contributed by atoms with E-state index in [9.17, 15) is 22.8 Å². The number of halogens is 3. The minimum atomic E-state index is -4.85. The van der Waals surface area contributed by atoms with E-state index < -0.39 is 12.1 Å². The molecule has 0 radical (unpaired) electrons. The molecule has 7 heteroatoms. The second-order valence-electron chi connectivity index (χ2n) is 4.30. The Kier molecular flexibility index (Phi) is 5.43. The van der Waals surface area contributed by atoms with Crippen LogP contribution in [0.4, 0.5) is 13.2 Å². The Morgan fingerprint density at radius 3 is 2.28 bits per heavy atom. The van der Waals surface area contributed by atoms with Crippen LogP contribution in [-0.2, 0) is 9.59 Å². The van der Waals surface area contributed by atoms with Crippen molar-refractivity contribution >= 4 is 11.8 Å². The molecule has 4 nitrogen and oxygen atoms in total. The molecular formula is C11H17F3N2O2. The van der Waals surface area contributed by atoms with Crippen molar-refractivity contribution in [1.82, 2.24) is 10.2 Å². The van der Waals surface area contributed by atoms with Gasteiger partial charge in [-0.05, 0) is 25.7 Å². The van der Waals surface area contributed by atoms with Gasteiger partial charge < -0.3 is 10.2 Å². The molecule has 1 saturated heterocycles. The largest absolute Gasteiger partial charge is 0.471 e. The topological polar surface area (TPSA) is 49.4 Å². The number of hydrogen-bond donors (Lipinski definition) is 1. The Hall–Kier alpha value is -1.27. The normalized spacial score (nSPS) is 16.5. The van der Waals surface area contributed by atoms with Crippen LogP contribution in [0.2, 0.25) is 0 Å². The van der Waals surface area contributed by atoms with Crippen LogP contribution in [0, 0.1) is 0 Å². The number of alkyl halides is 3. The maximum Gasteiger partial charge on any atom is 0.471 e. The predicted molar refractivity (Wildman–Crippen MR) is 58.7 cm³/mol. The fraction of sp³-hybridized carbons (Fsp3) is 0.818. The molecule has 0 spiro atoms. The lowest BCUT2D eigenvalue weighted by Crippen LogP contribution is -2.38. The van der Waals surface area contributed by atoms with Crippen LogP contribution in [0.3, 0.4) is 0 Å². The Morgan fingerprint density at radius 1 is 1.11 bits per heavy atom. The van der Waals surface area contributed by atoms with Crippen LogP contribution in [0.15, 0.2) is 0 Å². The van der Waals surface area contributed by atoms with Gasteiger partial charge in [0.2, 0.25) is 5.91 Å². The Morgan fingerprint density at radius 2 is 1.72 bits per heavy atom. The highest BCUT2D eigenvalue weighted by atomic mass is 19.4. The molecule has 1 N–H and O–H groups in total. The van der Waals surface area contributed by atoms with Crippen molar-refractivity contribution < 1.29 is 22.8 Å².